The summed E-state index contributed by atoms with van der Waals surface area (Å²) >= 11 is 0. The lowest BCUT2D eigenvalue weighted by molar-refractivity contribution is 0.116. The van der Waals surface area contributed by atoms with Gasteiger partial charge < -0.3 is 29.0 Å². The highest BCUT2D eigenvalue weighted by molar-refractivity contribution is 5.45. The van der Waals surface area contributed by atoms with Crippen molar-refractivity contribution in [3.8, 4) is 28.7 Å². The molecule has 0 aliphatic rings. The Kier molecular flexibility index (Phi) is 9.81. The van der Waals surface area contributed by atoms with Crippen LogP contribution in [0.25, 0.3) is 0 Å². The summed E-state index contributed by atoms with van der Waals surface area (Å²) < 4.78 is 28.2. The van der Waals surface area contributed by atoms with Gasteiger partial charge in [0.1, 0.15) is 28.7 Å². The Morgan fingerprint density at radius 1 is 0.606 bits per heavy atom. The van der Waals surface area contributed by atoms with Crippen molar-refractivity contribution in [1.29, 1.82) is 0 Å². The molecule has 0 unspecified atom stereocenters. The molecule has 174 valence electrons. The van der Waals surface area contributed by atoms with Crippen LogP contribution < -0.4 is 29.0 Å². The summed E-state index contributed by atoms with van der Waals surface area (Å²) in [5, 5.41) is 3.06. The summed E-state index contributed by atoms with van der Waals surface area (Å²) in [5.74, 6) is 3.67. The molecule has 3 aromatic rings. The lowest BCUT2D eigenvalue weighted by Crippen LogP contribution is -2.07. The Hall–Kier alpha value is -3.80. The predicted octanol–water partition coefficient (Wildman–Crippen LogP) is 6.29. The van der Waals surface area contributed by atoms with E-state index in [0.717, 1.165) is 36.4 Å². The number of hydrogen-bond donors (Lipinski definition) is 1. The van der Waals surface area contributed by atoms with Crippen LogP contribution in [0.4, 0.5) is 5.69 Å². The third-order valence-electron chi connectivity index (χ3n) is 4.76. The van der Waals surface area contributed by atoms with Crippen LogP contribution in [-0.2, 0) is 0 Å². The molecular formula is C27H31NO5. The van der Waals surface area contributed by atoms with E-state index < -0.39 is 0 Å². The second-order valence-electron chi connectivity index (χ2n) is 7.16. The first-order chi connectivity index (χ1) is 16.3. The zero-order valence-corrected chi connectivity index (χ0v) is 19.0. The number of unbranched alkanes of at least 4 members (excludes halogenated alkanes) is 2. The van der Waals surface area contributed by atoms with Gasteiger partial charge in [0, 0.05) is 12.7 Å². The summed E-state index contributed by atoms with van der Waals surface area (Å²) in [6, 6.07) is 22.5. The van der Waals surface area contributed by atoms with E-state index in [4.69, 9.17) is 23.7 Å². The van der Waals surface area contributed by atoms with E-state index in [0.29, 0.717) is 23.9 Å². The molecule has 0 aliphatic carbocycles. The molecule has 1 N–H and O–H groups in total. The smallest absolute Gasteiger partial charge is 0.230 e. The maximum Gasteiger partial charge on any atom is 0.230 e. The van der Waals surface area contributed by atoms with Gasteiger partial charge in [-0.2, -0.15) is 0 Å². The van der Waals surface area contributed by atoms with Crippen molar-refractivity contribution in [3.63, 3.8) is 0 Å². The number of ether oxygens (including phenoxy) is 5. The lowest BCUT2D eigenvalue weighted by Gasteiger charge is -2.11. The second-order valence-corrected chi connectivity index (χ2v) is 7.16. The van der Waals surface area contributed by atoms with Crippen molar-refractivity contribution in [3.05, 3.63) is 85.5 Å². The zero-order chi connectivity index (χ0) is 23.1. The molecule has 33 heavy (non-hydrogen) atoms. The molecule has 0 saturated heterocycles. The molecule has 0 fully saturated rings. The van der Waals surface area contributed by atoms with Crippen molar-refractivity contribution >= 4 is 5.69 Å². The standard InChI is InChI=1S/C27H31NO5/c1-3-4-5-6-19-29-23-11-13-25(14-12-23)32-21-33-27-17-15-26(16-18-27)31-20-30-24-9-7-22(28-2)8-10-24/h3,7-18,28H,1,4-6,19-21H2,2H3. The van der Waals surface area contributed by atoms with Crippen LogP contribution in [0, 0.1) is 0 Å². The molecule has 0 spiro atoms. The van der Waals surface area contributed by atoms with Crippen molar-refractivity contribution in [2.45, 2.75) is 19.3 Å². The fourth-order valence-corrected chi connectivity index (χ4v) is 2.89. The highest BCUT2D eigenvalue weighted by atomic mass is 16.7. The Morgan fingerprint density at radius 3 is 1.39 bits per heavy atom. The highest BCUT2D eigenvalue weighted by Gasteiger charge is 2.00. The van der Waals surface area contributed by atoms with Crippen molar-refractivity contribution in [2.75, 3.05) is 32.6 Å². The summed E-state index contributed by atoms with van der Waals surface area (Å²) in [6.45, 7) is 4.65. The minimum Gasteiger partial charge on any atom is -0.494 e. The van der Waals surface area contributed by atoms with E-state index in [9.17, 15) is 0 Å². The molecule has 0 atom stereocenters. The van der Waals surface area contributed by atoms with E-state index >= 15 is 0 Å². The summed E-state index contributed by atoms with van der Waals surface area (Å²) in [7, 11) is 1.87. The number of anilines is 1. The third kappa shape index (κ3) is 8.69. The molecule has 0 aromatic heterocycles. The molecule has 3 aromatic carbocycles. The van der Waals surface area contributed by atoms with Gasteiger partial charge >= 0.3 is 0 Å². The van der Waals surface area contributed by atoms with Crippen LogP contribution in [-0.4, -0.2) is 27.2 Å². The fourth-order valence-electron chi connectivity index (χ4n) is 2.89. The largest absolute Gasteiger partial charge is 0.494 e. The van der Waals surface area contributed by atoms with Gasteiger partial charge in [-0.05, 0) is 92.1 Å². The number of rotatable bonds is 15. The molecule has 0 bridgehead atoms. The molecule has 0 radical (unpaired) electrons. The Morgan fingerprint density at radius 2 is 1.00 bits per heavy atom. The Balaban J connectivity index is 1.32. The summed E-state index contributed by atoms with van der Waals surface area (Å²) in [6.07, 6.45) is 5.05. The van der Waals surface area contributed by atoms with Crippen LogP contribution in [0.1, 0.15) is 19.3 Å². The van der Waals surface area contributed by atoms with Crippen LogP contribution in [0.3, 0.4) is 0 Å². The van der Waals surface area contributed by atoms with Crippen molar-refractivity contribution in [1.82, 2.24) is 0 Å². The van der Waals surface area contributed by atoms with Crippen LogP contribution >= 0.6 is 0 Å². The first-order valence-electron chi connectivity index (χ1n) is 11.0. The quantitative estimate of drug-likeness (QED) is 0.167. The molecular weight excluding hydrogens is 418 g/mol. The molecule has 3 rings (SSSR count). The van der Waals surface area contributed by atoms with Gasteiger partial charge in [-0.1, -0.05) is 6.08 Å². The van der Waals surface area contributed by atoms with Gasteiger partial charge in [0.15, 0.2) is 0 Å². The number of benzene rings is 3. The van der Waals surface area contributed by atoms with Crippen LogP contribution in [0.15, 0.2) is 85.5 Å². The monoisotopic (exact) mass is 449 g/mol. The first kappa shape index (κ1) is 23.9. The van der Waals surface area contributed by atoms with E-state index in [1.165, 1.54) is 0 Å². The average molecular weight is 450 g/mol. The van der Waals surface area contributed by atoms with Gasteiger partial charge in [0.05, 0.1) is 6.61 Å². The molecule has 0 heterocycles. The van der Waals surface area contributed by atoms with E-state index in [1.807, 2.05) is 85.9 Å². The molecule has 0 amide bonds. The fraction of sp³-hybridized carbons (Fsp3) is 0.259. The maximum atomic E-state index is 5.71. The van der Waals surface area contributed by atoms with Gasteiger partial charge in [-0.3, -0.25) is 0 Å². The summed E-state index contributed by atoms with van der Waals surface area (Å²) in [4.78, 5) is 0. The SMILES string of the molecule is C=CCCCCOc1ccc(OCOc2ccc(OCOc3ccc(NC)cc3)cc2)cc1. The van der Waals surface area contributed by atoms with Crippen LogP contribution in [0.5, 0.6) is 28.7 Å². The Labute approximate surface area is 195 Å². The minimum absolute atomic E-state index is 0.105. The second kappa shape index (κ2) is 13.6. The zero-order valence-electron chi connectivity index (χ0n) is 19.0. The van der Waals surface area contributed by atoms with Gasteiger partial charge in [0.2, 0.25) is 13.6 Å². The number of hydrogen-bond acceptors (Lipinski definition) is 6. The minimum atomic E-state index is 0.105. The van der Waals surface area contributed by atoms with Gasteiger partial charge in [-0.15, -0.1) is 6.58 Å². The van der Waals surface area contributed by atoms with Crippen molar-refractivity contribution in [2.24, 2.45) is 0 Å². The van der Waals surface area contributed by atoms with Gasteiger partial charge in [-0.25, -0.2) is 0 Å². The number of nitrogens with one attached hydrogen (secondary N) is 1. The highest BCUT2D eigenvalue weighted by Crippen LogP contribution is 2.21. The lowest BCUT2D eigenvalue weighted by atomic mass is 10.2. The normalized spacial score (nSPS) is 10.2. The van der Waals surface area contributed by atoms with Crippen molar-refractivity contribution < 1.29 is 23.7 Å². The third-order valence-corrected chi connectivity index (χ3v) is 4.76. The van der Waals surface area contributed by atoms with E-state index in [2.05, 4.69) is 11.9 Å². The first-order valence-corrected chi connectivity index (χ1v) is 11.0. The molecule has 6 heteroatoms. The van der Waals surface area contributed by atoms with Gasteiger partial charge in [0.25, 0.3) is 0 Å². The molecule has 6 nitrogen and oxygen atoms in total. The van der Waals surface area contributed by atoms with Crippen LogP contribution in [0.2, 0.25) is 0 Å². The Bertz CT molecular complexity index is 940. The topological polar surface area (TPSA) is 58.2 Å². The molecule has 0 saturated carbocycles. The van der Waals surface area contributed by atoms with E-state index in [-0.39, 0.29) is 13.6 Å². The molecule has 0 aliphatic heterocycles. The van der Waals surface area contributed by atoms with E-state index in [1.54, 1.807) is 0 Å². The average Bonchev–Trinajstić information content (AvgIpc) is 2.86. The maximum absolute atomic E-state index is 5.71. The number of allylic oxidation sites excluding steroid dienone is 1. The summed E-state index contributed by atoms with van der Waals surface area (Å²) in [5.41, 5.74) is 1.03. The predicted molar refractivity (Wildman–Crippen MR) is 131 cm³/mol.